The fourth-order valence-corrected chi connectivity index (χ4v) is 3.40. The first-order valence-electron chi connectivity index (χ1n) is 6.32. The second kappa shape index (κ2) is 5.76. The SMILES string of the molecule is C[C@H]1CCCN(S(=O)(=O)Oc2ccc([N+](=O)[O-])cc2)C1. The van der Waals surface area contributed by atoms with Crippen LogP contribution in [0.15, 0.2) is 24.3 Å². The van der Waals surface area contributed by atoms with Gasteiger partial charge in [0, 0.05) is 25.2 Å². The minimum absolute atomic E-state index is 0.0776. The van der Waals surface area contributed by atoms with Gasteiger partial charge in [0.2, 0.25) is 0 Å². The molecule has 1 atom stereocenters. The lowest BCUT2D eigenvalue weighted by Crippen LogP contribution is -2.41. The summed E-state index contributed by atoms with van der Waals surface area (Å²) in [7, 11) is -3.84. The van der Waals surface area contributed by atoms with Crippen LogP contribution in [0.1, 0.15) is 19.8 Å². The minimum atomic E-state index is -3.84. The number of nitro groups is 1. The molecule has 0 N–H and O–H groups in total. The molecule has 8 heteroatoms. The third-order valence-corrected chi connectivity index (χ3v) is 4.55. The fourth-order valence-electron chi connectivity index (χ4n) is 2.15. The first-order chi connectivity index (χ1) is 9.38. The van der Waals surface area contributed by atoms with Gasteiger partial charge in [-0.15, -0.1) is 0 Å². The highest BCUT2D eigenvalue weighted by Gasteiger charge is 2.28. The van der Waals surface area contributed by atoms with Gasteiger partial charge in [0.15, 0.2) is 0 Å². The Morgan fingerprint density at radius 2 is 2.00 bits per heavy atom. The van der Waals surface area contributed by atoms with Crippen molar-refractivity contribution in [1.29, 1.82) is 0 Å². The number of rotatable bonds is 4. The van der Waals surface area contributed by atoms with Gasteiger partial charge in [-0.05, 0) is 30.9 Å². The Morgan fingerprint density at radius 3 is 2.55 bits per heavy atom. The Morgan fingerprint density at radius 1 is 1.35 bits per heavy atom. The maximum atomic E-state index is 12.1. The van der Waals surface area contributed by atoms with Crippen LogP contribution in [0.4, 0.5) is 5.69 Å². The van der Waals surface area contributed by atoms with Gasteiger partial charge < -0.3 is 4.18 Å². The summed E-state index contributed by atoms with van der Waals surface area (Å²) < 4.78 is 30.5. The van der Waals surface area contributed by atoms with E-state index in [0.717, 1.165) is 12.8 Å². The van der Waals surface area contributed by atoms with Crippen LogP contribution in [0.3, 0.4) is 0 Å². The lowest BCUT2D eigenvalue weighted by Gasteiger charge is -2.29. The van der Waals surface area contributed by atoms with Crippen LogP contribution in [0.5, 0.6) is 5.75 Å². The van der Waals surface area contributed by atoms with E-state index in [2.05, 4.69) is 0 Å². The largest absolute Gasteiger partial charge is 0.385 e. The zero-order valence-corrected chi connectivity index (χ0v) is 11.9. The zero-order chi connectivity index (χ0) is 14.8. The van der Waals surface area contributed by atoms with E-state index in [9.17, 15) is 18.5 Å². The summed E-state index contributed by atoms with van der Waals surface area (Å²) in [6.45, 7) is 2.88. The van der Waals surface area contributed by atoms with Gasteiger partial charge >= 0.3 is 10.3 Å². The Kier molecular flexibility index (Phi) is 4.24. The second-order valence-electron chi connectivity index (χ2n) is 4.90. The van der Waals surface area contributed by atoms with Crippen LogP contribution < -0.4 is 4.18 Å². The van der Waals surface area contributed by atoms with Crippen molar-refractivity contribution in [3.63, 3.8) is 0 Å². The smallest absolute Gasteiger partial charge is 0.371 e. The number of hydrogen-bond donors (Lipinski definition) is 0. The van der Waals surface area contributed by atoms with E-state index in [0.29, 0.717) is 19.0 Å². The molecule has 1 fully saturated rings. The molecule has 2 rings (SSSR count). The molecule has 0 unspecified atom stereocenters. The molecule has 1 heterocycles. The zero-order valence-electron chi connectivity index (χ0n) is 11.1. The van der Waals surface area contributed by atoms with Gasteiger partial charge in [-0.1, -0.05) is 6.92 Å². The van der Waals surface area contributed by atoms with Gasteiger partial charge in [0.1, 0.15) is 5.75 Å². The van der Waals surface area contributed by atoms with Crippen molar-refractivity contribution in [3.8, 4) is 5.75 Å². The van der Waals surface area contributed by atoms with Crippen molar-refractivity contribution >= 4 is 16.0 Å². The summed E-state index contributed by atoms with van der Waals surface area (Å²) in [6.07, 6.45) is 1.81. The van der Waals surface area contributed by atoms with Crippen molar-refractivity contribution < 1.29 is 17.5 Å². The van der Waals surface area contributed by atoms with Gasteiger partial charge in [-0.25, -0.2) is 0 Å². The molecular formula is C12H16N2O5S. The van der Waals surface area contributed by atoms with Crippen molar-refractivity contribution in [1.82, 2.24) is 4.31 Å². The molecular weight excluding hydrogens is 284 g/mol. The van der Waals surface area contributed by atoms with E-state index < -0.39 is 15.2 Å². The Labute approximate surface area is 117 Å². The lowest BCUT2D eigenvalue weighted by atomic mass is 10.0. The topological polar surface area (TPSA) is 89.8 Å². The monoisotopic (exact) mass is 300 g/mol. The molecule has 0 aliphatic carbocycles. The molecule has 0 spiro atoms. The Hall–Kier alpha value is -1.67. The van der Waals surface area contributed by atoms with Crippen LogP contribution >= 0.6 is 0 Å². The molecule has 1 aromatic rings. The fraction of sp³-hybridized carbons (Fsp3) is 0.500. The number of hydrogen-bond acceptors (Lipinski definition) is 5. The number of piperidine rings is 1. The molecule has 7 nitrogen and oxygen atoms in total. The van der Waals surface area contributed by atoms with Crippen molar-refractivity contribution in [3.05, 3.63) is 34.4 Å². The van der Waals surface area contributed by atoms with Crippen LogP contribution in [0, 0.1) is 16.0 Å². The van der Waals surface area contributed by atoms with Crippen LogP contribution in [0.25, 0.3) is 0 Å². The number of nitrogens with zero attached hydrogens (tertiary/aromatic N) is 2. The first-order valence-corrected chi connectivity index (χ1v) is 7.69. The molecule has 0 amide bonds. The predicted molar refractivity (Wildman–Crippen MR) is 72.6 cm³/mol. The first kappa shape index (κ1) is 14.7. The molecule has 1 aromatic carbocycles. The number of nitro benzene ring substituents is 1. The van der Waals surface area contributed by atoms with Crippen LogP contribution in [-0.2, 0) is 10.3 Å². The molecule has 1 aliphatic rings. The standard InChI is InChI=1S/C12H16N2O5S/c1-10-3-2-8-13(9-10)20(17,18)19-12-6-4-11(5-7-12)14(15)16/h4-7,10H,2-3,8-9H2,1H3/t10-/m0/s1. The van der Waals surface area contributed by atoms with Crippen molar-refractivity contribution in [2.45, 2.75) is 19.8 Å². The lowest BCUT2D eigenvalue weighted by molar-refractivity contribution is -0.384. The van der Waals surface area contributed by atoms with E-state index in [-0.39, 0.29) is 11.4 Å². The molecule has 0 saturated carbocycles. The number of non-ortho nitro benzene ring substituents is 1. The normalized spacial score (nSPS) is 20.6. The van der Waals surface area contributed by atoms with E-state index in [1.165, 1.54) is 28.6 Å². The van der Waals surface area contributed by atoms with Gasteiger partial charge in [-0.3, -0.25) is 10.1 Å². The molecule has 1 saturated heterocycles. The van der Waals surface area contributed by atoms with Crippen molar-refractivity contribution in [2.75, 3.05) is 13.1 Å². The molecule has 0 bridgehead atoms. The van der Waals surface area contributed by atoms with E-state index in [1.807, 2.05) is 6.92 Å². The molecule has 0 aromatic heterocycles. The summed E-state index contributed by atoms with van der Waals surface area (Å²) in [5.41, 5.74) is -0.110. The highest BCUT2D eigenvalue weighted by Crippen LogP contribution is 2.23. The van der Waals surface area contributed by atoms with Crippen LogP contribution in [0.2, 0.25) is 0 Å². The highest BCUT2D eigenvalue weighted by molar-refractivity contribution is 7.84. The Bertz CT molecular complexity index is 584. The van der Waals surface area contributed by atoms with Gasteiger partial charge in [-0.2, -0.15) is 12.7 Å². The predicted octanol–water partition coefficient (Wildman–Crippen LogP) is 1.95. The summed E-state index contributed by atoms with van der Waals surface area (Å²) >= 11 is 0. The summed E-state index contributed by atoms with van der Waals surface area (Å²) in [5.74, 6) is 0.382. The molecule has 20 heavy (non-hydrogen) atoms. The van der Waals surface area contributed by atoms with E-state index >= 15 is 0 Å². The maximum absolute atomic E-state index is 12.1. The van der Waals surface area contributed by atoms with Gasteiger partial charge in [0.25, 0.3) is 5.69 Å². The molecule has 110 valence electrons. The van der Waals surface area contributed by atoms with Crippen LogP contribution in [-0.4, -0.2) is 30.7 Å². The molecule has 0 radical (unpaired) electrons. The van der Waals surface area contributed by atoms with E-state index in [4.69, 9.17) is 4.18 Å². The third-order valence-electron chi connectivity index (χ3n) is 3.19. The average molecular weight is 300 g/mol. The van der Waals surface area contributed by atoms with E-state index in [1.54, 1.807) is 0 Å². The summed E-state index contributed by atoms with van der Waals surface area (Å²) in [4.78, 5) is 9.97. The maximum Gasteiger partial charge on any atom is 0.385 e. The molecule has 1 aliphatic heterocycles. The second-order valence-corrected chi connectivity index (χ2v) is 6.44. The highest BCUT2D eigenvalue weighted by atomic mass is 32.2. The Balaban J connectivity index is 2.09. The van der Waals surface area contributed by atoms with Crippen molar-refractivity contribution in [2.24, 2.45) is 5.92 Å². The summed E-state index contributed by atoms with van der Waals surface area (Å²) in [6, 6.07) is 4.99. The summed E-state index contributed by atoms with van der Waals surface area (Å²) in [5, 5.41) is 10.5. The average Bonchev–Trinajstić information content (AvgIpc) is 2.39. The van der Waals surface area contributed by atoms with Gasteiger partial charge in [0.05, 0.1) is 4.92 Å². The number of benzene rings is 1. The minimum Gasteiger partial charge on any atom is -0.371 e. The quantitative estimate of drug-likeness (QED) is 0.626. The third kappa shape index (κ3) is 3.45.